The minimum absolute atomic E-state index is 0.116. The van der Waals surface area contributed by atoms with Crippen LogP contribution in [0, 0.1) is 21.7 Å². The number of fused-ring (bicyclic) bond motifs is 1. The second-order valence-corrected chi connectivity index (χ2v) is 4.34. The molecular weight excluding hydrogens is 282 g/mol. The second kappa shape index (κ2) is 4.51. The first kappa shape index (κ1) is 13.0. The molecule has 0 aliphatic heterocycles. The molecule has 3 rings (SSSR count). The predicted octanol–water partition coefficient (Wildman–Crippen LogP) is 2.77. The third-order valence-corrected chi connectivity index (χ3v) is 3.04. The lowest BCUT2D eigenvalue weighted by atomic mass is 10.1. The number of pyridine rings is 1. The maximum atomic E-state index is 13.3. The number of nitrogens with zero attached hydrogens (tertiary/aromatic N) is 3. The van der Waals surface area contributed by atoms with E-state index < -0.39 is 22.2 Å². The quantitative estimate of drug-likeness (QED) is 0.580. The maximum absolute atomic E-state index is 13.3. The molecule has 0 fully saturated rings. The zero-order valence-electron chi connectivity index (χ0n) is 10.5. The van der Waals surface area contributed by atoms with Crippen LogP contribution in [0.15, 0.2) is 36.5 Å². The summed E-state index contributed by atoms with van der Waals surface area (Å²) in [7, 11) is 0. The van der Waals surface area contributed by atoms with Crippen molar-refractivity contribution < 1.29 is 13.7 Å². The van der Waals surface area contributed by atoms with Gasteiger partial charge >= 0.3 is 5.69 Å². The van der Waals surface area contributed by atoms with Gasteiger partial charge in [-0.3, -0.25) is 14.5 Å². The highest BCUT2D eigenvalue weighted by Crippen LogP contribution is 2.30. The Labute approximate surface area is 116 Å². The minimum Gasteiger partial charge on any atom is -0.383 e. The summed E-state index contributed by atoms with van der Waals surface area (Å²) in [6.07, 6.45) is 1.15. The molecule has 2 heterocycles. The van der Waals surface area contributed by atoms with Gasteiger partial charge in [-0.05, 0) is 24.3 Å². The van der Waals surface area contributed by atoms with Crippen LogP contribution >= 0.6 is 0 Å². The topological polar surface area (TPSA) is 86.5 Å². The average Bonchev–Trinajstić information content (AvgIpc) is 2.76. The van der Waals surface area contributed by atoms with Crippen molar-refractivity contribution in [3.05, 3.63) is 58.3 Å². The van der Waals surface area contributed by atoms with Crippen LogP contribution in [0.1, 0.15) is 0 Å². The van der Waals surface area contributed by atoms with Crippen LogP contribution in [0.2, 0.25) is 0 Å². The predicted molar refractivity (Wildman–Crippen MR) is 71.6 cm³/mol. The number of anilines is 1. The summed E-state index contributed by atoms with van der Waals surface area (Å²) in [5, 5.41) is 10.8. The zero-order chi connectivity index (χ0) is 15.1. The number of imidazole rings is 1. The smallest absolute Gasteiger partial charge is 0.305 e. The van der Waals surface area contributed by atoms with E-state index in [0.717, 1.165) is 18.3 Å². The number of hydrogen-bond donors (Lipinski definition) is 1. The highest BCUT2D eigenvalue weighted by molar-refractivity contribution is 5.76. The van der Waals surface area contributed by atoms with Gasteiger partial charge in [-0.2, -0.15) is 4.39 Å². The standard InChI is InChI=1S/C13H8F2N4O2/c14-8-2-4-11-17-12(13(16)18(11)6-8)7-1-3-9(15)10(5-7)19(20)21/h1-6H,16H2. The fraction of sp³-hybridized carbons (Fsp3) is 0. The Morgan fingerprint density at radius 3 is 2.71 bits per heavy atom. The lowest BCUT2D eigenvalue weighted by Crippen LogP contribution is -1.96. The Hall–Kier alpha value is -3.03. The van der Waals surface area contributed by atoms with Gasteiger partial charge in [0.25, 0.3) is 0 Å². The largest absolute Gasteiger partial charge is 0.383 e. The molecule has 2 N–H and O–H groups in total. The van der Waals surface area contributed by atoms with E-state index in [-0.39, 0.29) is 17.1 Å². The van der Waals surface area contributed by atoms with Crippen LogP contribution in [-0.4, -0.2) is 14.3 Å². The molecule has 0 bridgehead atoms. The number of rotatable bonds is 2. The van der Waals surface area contributed by atoms with Gasteiger partial charge < -0.3 is 5.73 Å². The molecule has 21 heavy (non-hydrogen) atoms. The lowest BCUT2D eigenvalue weighted by Gasteiger charge is -2.00. The zero-order valence-corrected chi connectivity index (χ0v) is 10.5. The van der Waals surface area contributed by atoms with Crippen molar-refractivity contribution >= 4 is 17.2 Å². The number of nitrogens with two attached hydrogens (primary N) is 1. The van der Waals surface area contributed by atoms with Crippen molar-refractivity contribution in [2.75, 3.05) is 5.73 Å². The fourth-order valence-corrected chi connectivity index (χ4v) is 2.05. The van der Waals surface area contributed by atoms with E-state index in [9.17, 15) is 18.9 Å². The first-order valence-corrected chi connectivity index (χ1v) is 5.85. The molecule has 106 valence electrons. The summed E-state index contributed by atoms with van der Waals surface area (Å²) in [6, 6.07) is 5.99. The normalized spacial score (nSPS) is 11.0. The van der Waals surface area contributed by atoms with E-state index in [1.807, 2.05) is 0 Å². The van der Waals surface area contributed by atoms with Gasteiger partial charge in [-0.1, -0.05) is 0 Å². The Morgan fingerprint density at radius 1 is 1.24 bits per heavy atom. The molecule has 0 aliphatic carbocycles. The molecule has 0 spiro atoms. The molecular formula is C13H8F2N4O2. The molecule has 0 aliphatic rings. The van der Waals surface area contributed by atoms with Crippen molar-refractivity contribution in [1.29, 1.82) is 0 Å². The van der Waals surface area contributed by atoms with E-state index >= 15 is 0 Å². The second-order valence-electron chi connectivity index (χ2n) is 4.34. The lowest BCUT2D eigenvalue weighted by molar-refractivity contribution is -0.387. The van der Waals surface area contributed by atoms with E-state index in [1.54, 1.807) is 0 Å². The monoisotopic (exact) mass is 290 g/mol. The number of nitro benzene ring substituents is 1. The van der Waals surface area contributed by atoms with Gasteiger partial charge in [0.15, 0.2) is 0 Å². The maximum Gasteiger partial charge on any atom is 0.305 e. The molecule has 0 saturated heterocycles. The van der Waals surface area contributed by atoms with Gasteiger partial charge in [0, 0.05) is 17.8 Å². The number of nitrogen functional groups attached to an aromatic ring is 1. The van der Waals surface area contributed by atoms with Gasteiger partial charge in [0.1, 0.15) is 23.0 Å². The number of halogens is 2. The number of benzene rings is 1. The summed E-state index contributed by atoms with van der Waals surface area (Å²) in [5.41, 5.74) is 6.10. The molecule has 0 saturated carbocycles. The third kappa shape index (κ3) is 2.06. The van der Waals surface area contributed by atoms with Crippen LogP contribution in [0.25, 0.3) is 16.9 Å². The van der Waals surface area contributed by atoms with E-state index in [0.29, 0.717) is 5.65 Å². The first-order valence-electron chi connectivity index (χ1n) is 5.85. The van der Waals surface area contributed by atoms with Crippen LogP contribution in [0.5, 0.6) is 0 Å². The molecule has 2 aromatic heterocycles. The van der Waals surface area contributed by atoms with E-state index in [2.05, 4.69) is 4.98 Å². The van der Waals surface area contributed by atoms with Crippen LogP contribution in [-0.2, 0) is 0 Å². The molecule has 6 nitrogen and oxygen atoms in total. The van der Waals surface area contributed by atoms with Crippen LogP contribution in [0.4, 0.5) is 20.3 Å². The summed E-state index contributed by atoms with van der Waals surface area (Å²) >= 11 is 0. The van der Waals surface area contributed by atoms with Gasteiger partial charge in [0.2, 0.25) is 5.82 Å². The summed E-state index contributed by atoms with van der Waals surface area (Å²) in [4.78, 5) is 14.1. The first-order chi connectivity index (χ1) is 9.97. The molecule has 0 radical (unpaired) electrons. The Kier molecular flexibility index (Phi) is 2.79. The Morgan fingerprint density at radius 2 is 2.00 bits per heavy atom. The molecule has 0 atom stereocenters. The molecule has 0 unspecified atom stereocenters. The SMILES string of the molecule is Nc1c(-c2ccc(F)c([N+](=O)[O-])c2)nc2ccc(F)cn12. The Balaban J connectivity index is 2.23. The van der Waals surface area contributed by atoms with Crippen molar-refractivity contribution in [2.45, 2.75) is 0 Å². The molecule has 0 amide bonds. The van der Waals surface area contributed by atoms with Gasteiger partial charge in [-0.25, -0.2) is 9.37 Å². The fourth-order valence-electron chi connectivity index (χ4n) is 2.05. The summed E-state index contributed by atoms with van der Waals surface area (Å²) in [6.45, 7) is 0. The van der Waals surface area contributed by atoms with Crippen molar-refractivity contribution in [3.8, 4) is 11.3 Å². The molecule has 1 aromatic carbocycles. The third-order valence-electron chi connectivity index (χ3n) is 3.04. The molecule has 3 aromatic rings. The van der Waals surface area contributed by atoms with Crippen molar-refractivity contribution in [3.63, 3.8) is 0 Å². The van der Waals surface area contributed by atoms with Gasteiger partial charge in [-0.15, -0.1) is 0 Å². The number of aromatic nitrogens is 2. The minimum atomic E-state index is -0.947. The summed E-state index contributed by atoms with van der Waals surface area (Å²) in [5.74, 6) is -1.33. The number of hydrogen-bond acceptors (Lipinski definition) is 4. The van der Waals surface area contributed by atoms with Crippen molar-refractivity contribution in [1.82, 2.24) is 9.38 Å². The van der Waals surface area contributed by atoms with E-state index in [4.69, 9.17) is 5.73 Å². The highest BCUT2D eigenvalue weighted by Gasteiger charge is 2.18. The summed E-state index contributed by atoms with van der Waals surface area (Å²) < 4.78 is 27.9. The number of nitro groups is 1. The van der Waals surface area contributed by atoms with Gasteiger partial charge in [0.05, 0.1) is 4.92 Å². The van der Waals surface area contributed by atoms with Crippen LogP contribution < -0.4 is 5.73 Å². The van der Waals surface area contributed by atoms with E-state index in [1.165, 1.54) is 22.6 Å². The highest BCUT2D eigenvalue weighted by atomic mass is 19.1. The van der Waals surface area contributed by atoms with Crippen molar-refractivity contribution in [2.24, 2.45) is 0 Å². The molecule has 8 heteroatoms. The Bertz CT molecular complexity index is 876. The average molecular weight is 290 g/mol. The van der Waals surface area contributed by atoms with Crippen LogP contribution in [0.3, 0.4) is 0 Å².